The highest BCUT2D eigenvalue weighted by atomic mass is 35.5. The van der Waals surface area contributed by atoms with Gasteiger partial charge in [0.1, 0.15) is 0 Å². The molecule has 0 atom stereocenters. The van der Waals surface area contributed by atoms with Crippen molar-refractivity contribution >= 4 is 46.2 Å². The number of rotatable bonds is 4. The molecule has 112 valence electrons. The van der Waals surface area contributed by atoms with Crippen molar-refractivity contribution < 1.29 is 0 Å². The molecule has 0 radical (unpaired) electrons. The lowest BCUT2D eigenvalue weighted by atomic mass is 10.2. The Morgan fingerprint density at radius 1 is 1.33 bits per heavy atom. The molecule has 7 heteroatoms. The van der Waals surface area contributed by atoms with E-state index in [-0.39, 0.29) is 6.04 Å². The molecular weight excluding hydrogens is 327 g/mol. The fourth-order valence-electron chi connectivity index (χ4n) is 1.77. The molecule has 0 fully saturated rings. The fraction of sp³-hybridized carbons (Fsp3) is 0.286. The number of aromatic nitrogens is 2. The first kappa shape index (κ1) is 16.1. The monoisotopic (exact) mass is 342 g/mol. The molecule has 21 heavy (non-hydrogen) atoms. The normalized spacial score (nSPS) is 10.7. The number of benzene rings is 1. The van der Waals surface area contributed by atoms with E-state index in [1.807, 2.05) is 32.2 Å². The van der Waals surface area contributed by atoms with Crippen molar-refractivity contribution in [3.8, 4) is 0 Å². The number of nitrogens with zero attached hydrogens (tertiary/aromatic N) is 2. The van der Waals surface area contributed by atoms with Gasteiger partial charge in [0.15, 0.2) is 5.11 Å². The predicted molar refractivity (Wildman–Crippen MR) is 92.3 cm³/mol. The quantitative estimate of drug-likeness (QED) is 0.826. The summed E-state index contributed by atoms with van der Waals surface area (Å²) in [5, 5.41) is 12.2. The third-order valence-corrected chi connectivity index (χ3v) is 3.60. The van der Waals surface area contributed by atoms with E-state index >= 15 is 0 Å². The second-order valence-corrected chi connectivity index (χ2v) is 6.15. The Labute approximate surface area is 139 Å². The Morgan fingerprint density at radius 3 is 2.76 bits per heavy atom. The Balaban J connectivity index is 1.99. The third-order valence-electron chi connectivity index (χ3n) is 2.64. The van der Waals surface area contributed by atoms with Crippen LogP contribution in [0.5, 0.6) is 0 Å². The summed E-state index contributed by atoms with van der Waals surface area (Å²) >= 11 is 17.1. The lowest BCUT2D eigenvalue weighted by Crippen LogP contribution is -2.33. The number of hydrogen-bond acceptors (Lipinski definition) is 2. The molecule has 1 heterocycles. The Hall–Kier alpha value is -1.30. The van der Waals surface area contributed by atoms with E-state index in [1.54, 1.807) is 16.9 Å². The first-order valence-electron chi connectivity index (χ1n) is 6.48. The van der Waals surface area contributed by atoms with Gasteiger partial charge in [-0.2, -0.15) is 5.10 Å². The van der Waals surface area contributed by atoms with E-state index in [2.05, 4.69) is 15.7 Å². The van der Waals surface area contributed by atoms with Crippen LogP contribution >= 0.6 is 35.4 Å². The van der Waals surface area contributed by atoms with Crippen molar-refractivity contribution in [3.05, 3.63) is 46.2 Å². The van der Waals surface area contributed by atoms with Gasteiger partial charge >= 0.3 is 0 Å². The van der Waals surface area contributed by atoms with E-state index in [9.17, 15) is 0 Å². The van der Waals surface area contributed by atoms with E-state index in [1.165, 1.54) is 0 Å². The lowest BCUT2D eigenvalue weighted by molar-refractivity contribution is 0.687. The van der Waals surface area contributed by atoms with Gasteiger partial charge in [-0.05, 0) is 43.8 Å². The van der Waals surface area contributed by atoms with Crippen LogP contribution < -0.4 is 10.6 Å². The molecule has 0 amide bonds. The standard InChI is InChI=1S/C14H16Cl2N4S/c1-9(2)18-14(21)19-11-6-17-20(8-11)7-10-3-4-12(15)13(16)5-10/h3-6,8-9H,7H2,1-2H3,(H2,18,19,21). The molecule has 2 N–H and O–H groups in total. The third kappa shape index (κ3) is 4.88. The van der Waals surface area contributed by atoms with Crippen molar-refractivity contribution in [2.24, 2.45) is 0 Å². The average molecular weight is 343 g/mol. The minimum Gasteiger partial charge on any atom is -0.360 e. The van der Waals surface area contributed by atoms with Gasteiger partial charge in [-0.15, -0.1) is 0 Å². The molecule has 0 saturated heterocycles. The van der Waals surface area contributed by atoms with Gasteiger partial charge < -0.3 is 10.6 Å². The van der Waals surface area contributed by atoms with Gasteiger partial charge in [0, 0.05) is 12.2 Å². The maximum Gasteiger partial charge on any atom is 0.171 e. The van der Waals surface area contributed by atoms with Crippen LogP contribution in [-0.4, -0.2) is 20.9 Å². The van der Waals surface area contributed by atoms with E-state index in [0.717, 1.165) is 11.3 Å². The molecule has 1 aromatic heterocycles. The molecule has 0 bridgehead atoms. The maximum absolute atomic E-state index is 6.00. The average Bonchev–Trinajstić information content (AvgIpc) is 2.80. The number of hydrogen-bond donors (Lipinski definition) is 2. The summed E-state index contributed by atoms with van der Waals surface area (Å²) in [4.78, 5) is 0. The highest BCUT2D eigenvalue weighted by Crippen LogP contribution is 2.23. The van der Waals surface area contributed by atoms with Crippen LogP contribution in [-0.2, 0) is 6.54 Å². The van der Waals surface area contributed by atoms with Gasteiger partial charge in [0.2, 0.25) is 0 Å². The van der Waals surface area contributed by atoms with Crippen LogP contribution in [0.1, 0.15) is 19.4 Å². The van der Waals surface area contributed by atoms with Crippen LogP contribution in [0.4, 0.5) is 5.69 Å². The highest BCUT2D eigenvalue weighted by Gasteiger charge is 2.04. The summed E-state index contributed by atoms with van der Waals surface area (Å²) in [6.45, 7) is 4.67. The zero-order chi connectivity index (χ0) is 15.4. The van der Waals surface area contributed by atoms with E-state index in [4.69, 9.17) is 35.4 Å². The molecule has 0 unspecified atom stereocenters. The Morgan fingerprint density at radius 2 is 2.10 bits per heavy atom. The van der Waals surface area contributed by atoms with Crippen molar-refractivity contribution in [1.29, 1.82) is 0 Å². The van der Waals surface area contributed by atoms with Gasteiger partial charge in [0.25, 0.3) is 0 Å². The summed E-state index contributed by atoms with van der Waals surface area (Å²) in [6, 6.07) is 5.83. The summed E-state index contributed by atoms with van der Waals surface area (Å²) < 4.78 is 1.81. The summed E-state index contributed by atoms with van der Waals surface area (Å²) in [6.07, 6.45) is 3.61. The summed E-state index contributed by atoms with van der Waals surface area (Å²) in [5.74, 6) is 0. The van der Waals surface area contributed by atoms with Crippen LogP contribution in [0.3, 0.4) is 0 Å². The zero-order valence-corrected chi connectivity index (χ0v) is 14.1. The molecule has 2 aromatic rings. The number of anilines is 1. The molecule has 4 nitrogen and oxygen atoms in total. The van der Waals surface area contributed by atoms with E-state index < -0.39 is 0 Å². The smallest absolute Gasteiger partial charge is 0.171 e. The zero-order valence-electron chi connectivity index (χ0n) is 11.7. The van der Waals surface area contributed by atoms with Gasteiger partial charge in [-0.25, -0.2) is 0 Å². The Bertz CT molecular complexity index is 640. The molecule has 0 saturated carbocycles. The van der Waals surface area contributed by atoms with Crippen LogP contribution in [0, 0.1) is 0 Å². The molecule has 1 aromatic carbocycles. The summed E-state index contributed by atoms with van der Waals surface area (Å²) in [7, 11) is 0. The van der Waals surface area contributed by atoms with Crippen LogP contribution in [0.2, 0.25) is 10.0 Å². The molecule has 0 aliphatic heterocycles. The predicted octanol–water partition coefficient (Wildman–Crippen LogP) is 3.93. The van der Waals surface area contributed by atoms with Crippen LogP contribution in [0.25, 0.3) is 0 Å². The summed E-state index contributed by atoms with van der Waals surface area (Å²) in [5.41, 5.74) is 1.87. The van der Waals surface area contributed by atoms with Gasteiger partial charge in [-0.1, -0.05) is 29.3 Å². The molecule has 0 spiro atoms. The first-order chi connectivity index (χ1) is 9.94. The largest absolute Gasteiger partial charge is 0.360 e. The highest BCUT2D eigenvalue weighted by molar-refractivity contribution is 7.80. The first-order valence-corrected chi connectivity index (χ1v) is 7.64. The van der Waals surface area contributed by atoms with Crippen molar-refractivity contribution in [2.75, 3.05) is 5.32 Å². The molecule has 0 aliphatic rings. The number of nitrogens with one attached hydrogen (secondary N) is 2. The maximum atomic E-state index is 6.00. The lowest BCUT2D eigenvalue weighted by Gasteiger charge is -2.11. The van der Waals surface area contributed by atoms with Gasteiger partial charge in [-0.3, -0.25) is 4.68 Å². The van der Waals surface area contributed by atoms with Crippen molar-refractivity contribution in [2.45, 2.75) is 26.4 Å². The van der Waals surface area contributed by atoms with Crippen molar-refractivity contribution in [3.63, 3.8) is 0 Å². The fourth-order valence-corrected chi connectivity index (χ4v) is 2.44. The second kappa shape index (κ2) is 7.11. The van der Waals surface area contributed by atoms with Gasteiger partial charge in [0.05, 0.1) is 28.5 Å². The minimum atomic E-state index is 0.288. The molecule has 0 aliphatic carbocycles. The number of thiocarbonyl (C=S) groups is 1. The van der Waals surface area contributed by atoms with Crippen LogP contribution in [0.15, 0.2) is 30.6 Å². The minimum absolute atomic E-state index is 0.288. The SMILES string of the molecule is CC(C)NC(=S)Nc1cnn(Cc2ccc(Cl)c(Cl)c2)c1. The molecular formula is C14H16Cl2N4S. The molecule has 2 rings (SSSR count). The Kier molecular flexibility index (Phi) is 5.45. The van der Waals surface area contributed by atoms with Crippen molar-refractivity contribution in [1.82, 2.24) is 15.1 Å². The topological polar surface area (TPSA) is 41.9 Å². The van der Waals surface area contributed by atoms with E-state index in [0.29, 0.717) is 21.7 Å². The number of halogens is 2. The second-order valence-electron chi connectivity index (χ2n) is 4.93.